The Kier molecular flexibility index (Phi) is 18.4. The second-order valence-electron chi connectivity index (χ2n) is 21.9. The zero-order valence-corrected chi connectivity index (χ0v) is 54.5. The summed E-state index contributed by atoms with van der Waals surface area (Å²) in [6.07, 6.45) is 0. The number of benzene rings is 11. The Morgan fingerprint density at radius 2 is 0.624 bits per heavy atom. The van der Waals surface area contributed by atoms with E-state index in [1.165, 1.54) is 0 Å². The number of rotatable bonds is 15. The molecule has 0 unspecified atom stereocenters. The third kappa shape index (κ3) is 13.5. The van der Waals surface area contributed by atoms with E-state index in [0.717, 1.165) is 129 Å². The van der Waals surface area contributed by atoms with Crippen molar-refractivity contribution < 1.29 is 45.9 Å². The first-order chi connectivity index (χ1) is 45.1. The molecule has 0 saturated carbocycles. The van der Waals surface area contributed by atoms with Crippen LogP contribution in [0.15, 0.2) is 315 Å². The van der Waals surface area contributed by atoms with Crippen molar-refractivity contribution in [1.82, 2.24) is 24.9 Å². The minimum absolute atomic E-state index is 0. The van der Waals surface area contributed by atoms with Crippen molar-refractivity contribution in [3.63, 3.8) is 0 Å². The van der Waals surface area contributed by atoms with Crippen LogP contribution in [0.1, 0.15) is 0 Å². The van der Waals surface area contributed by atoms with Crippen LogP contribution in [-0.2, 0) is 41.2 Å². The molecular weight excluding hydrogens is 1490 g/mol. The van der Waals surface area contributed by atoms with Gasteiger partial charge in [0.15, 0.2) is 0 Å². The third-order valence-corrected chi connectivity index (χ3v) is 16.1. The van der Waals surface area contributed by atoms with Crippen LogP contribution >= 0.6 is 0 Å². The molecule has 93 heavy (non-hydrogen) atoms. The molecule has 0 amide bonds. The summed E-state index contributed by atoms with van der Waals surface area (Å²) in [7, 11) is 0. The van der Waals surface area contributed by atoms with Crippen LogP contribution in [-0.4, -0.2) is 24.9 Å². The van der Waals surface area contributed by atoms with E-state index in [1.54, 1.807) is 0 Å². The van der Waals surface area contributed by atoms with Crippen LogP contribution in [0.4, 0.5) is 0 Å². The molecule has 11 aromatic carbocycles. The molecule has 0 aliphatic heterocycles. The minimum Gasteiger partial charge on any atom is -0.423 e. The molecule has 0 aliphatic rings. The first-order valence-electron chi connectivity index (χ1n) is 30.1. The molecule has 0 bridgehead atoms. The molecule has 0 saturated heterocycles. The number of nitrogens with zero attached hydrogens (tertiary/aromatic N) is 5. The van der Waals surface area contributed by atoms with Gasteiger partial charge in [0.2, 0.25) is 11.8 Å². The zero-order valence-electron chi connectivity index (χ0n) is 49.8. The predicted molar refractivity (Wildman–Crippen MR) is 367 cm³/mol. The standard InChI is InChI=1S/C85H52N5O.Ir.Pt/c1-5-22-61(23-6-1)77-36-19-38-79(86-77)65-48-42-58(43-49-65)71-30-13-16-33-74(71)68-54-69(75-34-17-14-31-72(75)59-44-50-66(51-45-59)80-39-20-37-78(87-80)62-24-7-2-8-25-62)56-70(55-68)76-35-18-15-32-73(76)60-46-52-67(53-47-60)85-89-82(64-28-11-4-12-29-64)57-84(90-85)91-83-41-21-40-81(88-83)63-26-9-3-10-27-63;;/h1-26,28-48,50,54-57H;;/q-5;+3;+2. The summed E-state index contributed by atoms with van der Waals surface area (Å²) in [4.78, 5) is 24.9. The van der Waals surface area contributed by atoms with Gasteiger partial charge in [-0.3, -0.25) is 32.1 Å². The van der Waals surface area contributed by atoms with Gasteiger partial charge in [0, 0.05) is 6.07 Å². The van der Waals surface area contributed by atoms with Crippen molar-refractivity contribution in [2.24, 2.45) is 0 Å². The maximum Gasteiger partial charge on any atom is 3.00 e. The van der Waals surface area contributed by atoms with Crippen molar-refractivity contribution in [2.45, 2.75) is 0 Å². The van der Waals surface area contributed by atoms with Gasteiger partial charge in [0.25, 0.3) is 0 Å². The van der Waals surface area contributed by atoms with E-state index in [9.17, 15) is 0 Å². The van der Waals surface area contributed by atoms with Gasteiger partial charge >= 0.3 is 41.2 Å². The van der Waals surface area contributed by atoms with Crippen molar-refractivity contribution in [3.05, 3.63) is 346 Å². The molecule has 0 atom stereocenters. The molecule has 8 heteroatoms. The summed E-state index contributed by atoms with van der Waals surface area (Å²) in [5, 5.41) is 0. The summed E-state index contributed by atoms with van der Waals surface area (Å²) >= 11 is 0. The fraction of sp³-hybridized carbons (Fsp3) is 0. The van der Waals surface area contributed by atoms with Gasteiger partial charge in [-0.1, -0.05) is 228 Å². The van der Waals surface area contributed by atoms with Crippen LogP contribution in [0.2, 0.25) is 0 Å². The Balaban J connectivity index is 0.00000394. The number of hydrogen-bond acceptors (Lipinski definition) is 6. The maximum absolute atomic E-state index is 6.43. The first-order valence-corrected chi connectivity index (χ1v) is 30.1. The minimum atomic E-state index is 0. The van der Waals surface area contributed by atoms with Crippen molar-refractivity contribution in [2.75, 3.05) is 0 Å². The van der Waals surface area contributed by atoms with E-state index in [4.69, 9.17) is 29.7 Å². The zero-order chi connectivity index (χ0) is 60.7. The van der Waals surface area contributed by atoms with Crippen molar-refractivity contribution >= 4 is 0 Å². The molecule has 4 heterocycles. The molecule has 4 aromatic heterocycles. The Bertz CT molecular complexity index is 4870. The van der Waals surface area contributed by atoms with E-state index in [0.29, 0.717) is 28.8 Å². The molecule has 0 spiro atoms. The average Bonchev–Trinajstić information content (AvgIpc) is 1.15. The van der Waals surface area contributed by atoms with Gasteiger partial charge in [-0.2, -0.15) is 5.56 Å². The fourth-order valence-electron chi connectivity index (χ4n) is 11.6. The van der Waals surface area contributed by atoms with Gasteiger partial charge in [0.1, 0.15) is 0 Å². The number of hydrogen-bond donors (Lipinski definition) is 0. The van der Waals surface area contributed by atoms with Crippen molar-refractivity contribution in [1.29, 1.82) is 0 Å². The Labute approximate surface area is 569 Å². The molecule has 6 nitrogen and oxygen atoms in total. The fourth-order valence-corrected chi connectivity index (χ4v) is 11.6. The number of pyridine rings is 3. The number of ether oxygens (including phenoxy) is 1. The largest absolute Gasteiger partial charge is 3.00 e. The first kappa shape index (κ1) is 61.0. The molecule has 0 radical (unpaired) electrons. The van der Waals surface area contributed by atoms with Gasteiger partial charge in [0.05, 0.1) is 17.1 Å². The van der Waals surface area contributed by atoms with Crippen molar-refractivity contribution in [3.8, 4) is 157 Å². The van der Waals surface area contributed by atoms with Crippen LogP contribution in [0.25, 0.3) is 146 Å². The third-order valence-electron chi connectivity index (χ3n) is 16.1. The van der Waals surface area contributed by atoms with Crippen LogP contribution in [0.3, 0.4) is 0 Å². The summed E-state index contributed by atoms with van der Waals surface area (Å²) in [5.41, 5.74) is 23.9. The molecule has 15 rings (SSSR count). The van der Waals surface area contributed by atoms with Crippen LogP contribution in [0.5, 0.6) is 11.8 Å². The topological polar surface area (TPSA) is 73.7 Å². The maximum atomic E-state index is 6.43. The van der Waals surface area contributed by atoms with E-state index >= 15 is 0 Å². The van der Waals surface area contributed by atoms with Crippen LogP contribution < -0.4 is 4.74 Å². The quantitative estimate of drug-likeness (QED) is 0.0953. The predicted octanol–water partition coefficient (Wildman–Crippen LogP) is 21.1. The normalized spacial score (nSPS) is 10.8. The van der Waals surface area contributed by atoms with Gasteiger partial charge in [-0.05, 0) is 109 Å². The summed E-state index contributed by atoms with van der Waals surface area (Å²) in [6.45, 7) is 0. The van der Waals surface area contributed by atoms with E-state index in [1.807, 2.05) is 152 Å². The summed E-state index contributed by atoms with van der Waals surface area (Å²) in [6, 6.07) is 125. The SMILES string of the molecule is [Ir+3].[Pt+2].[c-]1cc(-c2ccccc2-c2cc(-c3ccccc3-c3c[c-]c(-c4cccc(-c5ccccc5)n4)cc3)cc(-c3ccccc3-c3c[c-]c(-c4cccc(-c5ccccc5)n4)cc3)c2)c[c-]c1-c1nc(Oc2cccc(-c3[c-]cccc3)n2)cc(-c2ccccc2)n1. The Morgan fingerprint density at radius 1 is 0.237 bits per heavy atom. The molecular formula is C85H52IrN5OPt. The van der Waals surface area contributed by atoms with Crippen LogP contribution in [0, 0.1) is 30.3 Å². The molecule has 0 aliphatic carbocycles. The van der Waals surface area contributed by atoms with E-state index < -0.39 is 0 Å². The molecule has 442 valence electrons. The van der Waals surface area contributed by atoms with Gasteiger partial charge in [-0.25, -0.2) is 17.7 Å². The second kappa shape index (κ2) is 28.1. The van der Waals surface area contributed by atoms with E-state index in [2.05, 4.69) is 194 Å². The van der Waals surface area contributed by atoms with E-state index in [-0.39, 0.29) is 41.2 Å². The molecule has 0 fully saturated rings. The molecule has 15 aromatic rings. The Morgan fingerprint density at radius 3 is 1.08 bits per heavy atom. The average molecular weight is 1550 g/mol. The van der Waals surface area contributed by atoms with Gasteiger partial charge < -0.3 is 9.72 Å². The Hall–Kier alpha value is -10.9. The smallest absolute Gasteiger partial charge is 0.423 e. The summed E-state index contributed by atoms with van der Waals surface area (Å²) in [5.74, 6) is 1.16. The van der Waals surface area contributed by atoms with Gasteiger partial charge in [-0.15, -0.1) is 95.6 Å². The monoisotopic (exact) mass is 1550 g/mol. The summed E-state index contributed by atoms with van der Waals surface area (Å²) < 4.78 is 6.43. The molecule has 0 N–H and O–H groups in total. The second-order valence-corrected chi connectivity index (χ2v) is 21.9. The number of aromatic nitrogens is 5.